The maximum atomic E-state index is 14.2. The molecule has 7 heteroatoms. The summed E-state index contributed by atoms with van der Waals surface area (Å²) in [5.41, 5.74) is 1.22. The first-order chi connectivity index (χ1) is 12.3. The van der Waals surface area contributed by atoms with E-state index in [4.69, 9.17) is 46.4 Å². The number of benzene rings is 2. The minimum atomic E-state index is -2.02. The summed E-state index contributed by atoms with van der Waals surface area (Å²) in [6.07, 6.45) is -4.68. The Bertz CT molecular complexity index is 660. The van der Waals surface area contributed by atoms with E-state index in [-0.39, 0.29) is 12.8 Å². The number of ketones is 1. The van der Waals surface area contributed by atoms with Gasteiger partial charge >= 0.3 is 0 Å². The molecule has 1 nitrogen and oxygen atoms in total. The molecule has 2 rings (SSSR count). The van der Waals surface area contributed by atoms with Gasteiger partial charge in [0.2, 0.25) is 5.78 Å². The van der Waals surface area contributed by atoms with Crippen molar-refractivity contribution < 1.29 is 13.6 Å². The summed E-state index contributed by atoms with van der Waals surface area (Å²) in [5, 5.41) is -0.489. The van der Waals surface area contributed by atoms with Crippen LogP contribution in [0.5, 0.6) is 0 Å². The van der Waals surface area contributed by atoms with Gasteiger partial charge in [-0.25, -0.2) is 8.78 Å². The Morgan fingerprint density at radius 1 is 0.731 bits per heavy atom. The Balaban J connectivity index is 1.91. The molecule has 4 unspecified atom stereocenters. The van der Waals surface area contributed by atoms with Crippen LogP contribution in [-0.4, -0.2) is 18.1 Å². The van der Waals surface area contributed by atoms with E-state index in [0.717, 1.165) is 0 Å². The molecule has 26 heavy (non-hydrogen) atoms. The maximum Gasteiger partial charge on any atom is 0.200 e. The molecule has 0 saturated heterocycles. The minimum Gasteiger partial charge on any atom is -0.293 e. The summed E-state index contributed by atoms with van der Waals surface area (Å²) in [5.74, 6) is -1.15. The third kappa shape index (κ3) is 6.09. The van der Waals surface area contributed by atoms with E-state index in [1.165, 1.54) is 0 Å². The van der Waals surface area contributed by atoms with Crippen LogP contribution in [-0.2, 0) is 4.79 Å². The molecule has 0 fully saturated rings. The SMILES string of the molecule is O=C(C(F)CC(Cl)c1ccc(Cl)cc1)C(F)CC(Cl)c1ccc(Cl)cc1. The summed E-state index contributed by atoms with van der Waals surface area (Å²) >= 11 is 23.8. The highest BCUT2D eigenvalue weighted by Crippen LogP contribution is 2.31. The average Bonchev–Trinajstić information content (AvgIpc) is 2.61. The van der Waals surface area contributed by atoms with E-state index in [2.05, 4.69) is 0 Å². The second kappa shape index (κ2) is 9.89. The van der Waals surface area contributed by atoms with Crippen molar-refractivity contribution in [3.8, 4) is 0 Å². The Hall–Kier alpha value is -0.870. The second-order valence-electron chi connectivity index (χ2n) is 5.85. The lowest BCUT2D eigenvalue weighted by atomic mass is 9.99. The first kappa shape index (κ1) is 21.4. The summed E-state index contributed by atoms with van der Waals surface area (Å²) < 4.78 is 28.4. The molecule has 0 aliphatic heterocycles. The predicted octanol–water partition coefficient (Wildman–Crippen LogP) is 7.28. The molecule has 0 spiro atoms. The van der Waals surface area contributed by atoms with Gasteiger partial charge in [-0.3, -0.25) is 4.79 Å². The fourth-order valence-corrected chi connectivity index (χ4v) is 3.26. The average molecular weight is 440 g/mol. The number of carbonyl (C=O) groups is 1. The fraction of sp³-hybridized carbons (Fsp3) is 0.316. The number of halogens is 6. The zero-order valence-electron chi connectivity index (χ0n) is 13.5. The highest BCUT2D eigenvalue weighted by atomic mass is 35.5. The predicted molar refractivity (Wildman–Crippen MR) is 104 cm³/mol. The smallest absolute Gasteiger partial charge is 0.200 e. The van der Waals surface area contributed by atoms with Crippen LogP contribution in [0.15, 0.2) is 48.5 Å². The molecule has 0 aliphatic rings. The molecular weight excluding hydrogens is 424 g/mol. The largest absolute Gasteiger partial charge is 0.293 e. The molecule has 0 N–H and O–H groups in total. The monoisotopic (exact) mass is 438 g/mol. The topological polar surface area (TPSA) is 17.1 Å². The molecule has 0 heterocycles. The normalized spacial score (nSPS) is 15.9. The number of hydrogen-bond donors (Lipinski definition) is 0. The van der Waals surface area contributed by atoms with Gasteiger partial charge in [0.1, 0.15) is 0 Å². The number of Topliss-reactive ketones (excluding diaryl/α,β-unsaturated/α-hetero) is 1. The van der Waals surface area contributed by atoms with E-state index in [1.807, 2.05) is 0 Å². The summed E-state index contributed by atoms with van der Waals surface area (Å²) in [6, 6.07) is 13.0. The summed E-state index contributed by atoms with van der Waals surface area (Å²) in [7, 11) is 0. The van der Waals surface area contributed by atoms with Gasteiger partial charge < -0.3 is 0 Å². The van der Waals surface area contributed by atoms with Crippen molar-refractivity contribution in [2.24, 2.45) is 0 Å². The van der Waals surface area contributed by atoms with E-state index < -0.39 is 28.9 Å². The van der Waals surface area contributed by atoms with Crippen molar-refractivity contribution in [2.75, 3.05) is 0 Å². The van der Waals surface area contributed by atoms with Crippen LogP contribution in [0.1, 0.15) is 34.7 Å². The number of carbonyl (C=O) groups excluding carboxylic acids is 1. The van der Waals surface area contributed by atoms with Crippen LogP contribution in [0, 0.1) is 0 Å². The number of alkyl halides is 4. The highest BCUT2D eigenvalue weighted by molar-refractivity contribution is 6.31. The molecule has 0 aromatic heterocycles. The molecule has 140 valence electrons. The van der Waals surface area contributed by atoms with Gasteiger partial charge in [0.25, 0.3) is 0 Å². The van der Waals surface area contributed by atoms with Crippen LogP contribution in [0.4, 0.5) is 8.78 Å². The number of rotatable bonds is 8. The highest BCUT2D eigenvalue weighted by Gasteiger charge is 2.31. The molecule has 0 aliphatic carbocycles. The Kier molecular flexibility index (Phi) is 8.15. The third-order valence-corrected chi connectivity index (χ3v) is 5.27. The minimum absolute atomic E-state index is 0.323. The van der Waals surface area contributed by atoms with Gasteiger partial charge in [0, 0.05) is 22.9 Å². The van der Waals surface area contributed by atoms with E-state index in [1.54, 1.807) is 48.5 Å². The van der Waals surface area contributed by atoms with Gasteiger partial charge in [-0.2, -0.15) is 0 Å². The third-order valence-electron chi connectivity index (χ3n) is 3.91. The quantitative estimate of drug-likeness (QED) is 0.395. The van der Waals surface area contributed by atoms with Gasteiger partial charge in [0.05, 0.1) is 10.8 Å². The van der Waals surface area contributed by atoms with Crippen molar-refractivity contribution >= 4 is 52.2 Å². The van der Waals surface area contributed by atoms with E-state index in [0.29, 0.717) is 21.2 Å². The zero-order valence-corrected chi connectivity index (χ0v) is 16.5. The first-order valence-electron chi connectivity index (χ1n) is 7.89. The van der Waals surface area contributed by atoms with Crippen LogP contribution >= 0.6 is 46.4 Å². The standard InChI is InChI=1S/C19H16Cl4F2O/c20-13-5-1-11(2-6-13)15(22)9-17(24)19(26)18(25)10-16(23)12-3-7-14(21)8-4-12/h1-8,15-18H,9-10H2. The van der Waals surface area contributed by atoms with Gasteiger partial charge in [-0.05, 0) is 35.4 Å². The maximum absolute atomic E-state index is 14.2. The zero-order chi connectivity index (χ0) is 19.3. The lowest BCUT2D eigenvalue weighted by Gasteiger charge is -2.17. The molecule has 2 aromatic rings. The van der Waals surface area contributed by atoms with Crippen molar-refractivity contribution in [2.45, 2.75) is 35.9 Å². The van der Waals surface area contributed by atoms with Crippen LogP contribution < -0.4 is 0 Å². The fourth-order valence-electron chi connectivity index (χ4n) is 2.41. The van der Waals surface area contributed by atoms with Gasteiger partial charge in [0.15, 0.2) is 12.3 Å². The van der Waals surface area contributed by atoms with Gasteiger partial charge in [-0.1, -0.05) is 47.5 Å². The lowest BCUT2D eigenvalue weighted by molar-refractivity contribution is -0.129. The van der Waals surface area contributed by atoms with Gasteiger partial charge in [-0.15, -0.1) is 23.2 Å². The number of hydrogen-bond acceptors (Lipinski definition) is 1. The van der Waals surface area contributed by atoms with Crippen LogP contribution in [0.25, 0.3) is 0 Å². The van der Waals surface area contributed by atoms with Crippen molar-refractivity contribution in [3.63, 3.8) is 0 Å². The Labute approximate surface area is 171 Å². The Morgan fingerprint density at radius 2 is 1.04 bits per heavy atom. The van der Waals surface area contributed by atoms with Crippen molar-refractivity contribution in [1.82, 2.24) is 0 Å². The van der Waals surface area contributed by atoms with E-state index in [9.17, 15) is 13.6 Å². The van der Waals surface area contributed by atoms with Crippen LogP contribution in [0.2, 0.25) is 10.0 Å². The summed E-state index contributed by atoms with van der Waals surface area (Å²) in [4.78, 5) is 12.0. The Morgan fingerprint density at radius 3 is 1.35 bits per heavy atom. The molecule has 4 atom stereocenters. The lowest BCUT2D eigenvalue weighted by Crippen LogP contribution is -2.28. The second-order valence-corrected chi connectivity index (χ2v) is 7.77. The van der Waals surface area contributed by atoms with Crippen molar-refractivity contribution in [3.05, 3.63) is 69.7 Å². The molecule has 2 aromatic carbocycles. The van der Waals surface area contributed by atoms with Crippen molar-refractivity contribution in [1.29, 1.82) is 0 Å². The first-order valence-corrected chi connectivity index (χ1v) is 9.51. The van der Waals surface area contributed by atoms with E-state index >= 15 is 0 Å². The van der Waals surface area contributed by atoms with Crippen LogP contribution in [0.3, 0.4) is 0 Å². The molecule has 0 radical (unpaired) electrons. The molecule has 0 amide bonds. The molecular formula is C19H16Cl4F2O. The summed E-state index contributed by atoms with van der Waals surface area (Å²) in [6.45, 7) is 0. The molecule has 0 bridgehead atoms. The molecule has 0 saturated carbocycles.